The molecule has 0 atom stereocenters. The maximum atomic E-state index is 12.6. The molecule has 0 amide bonds. The molecule has 0 aliphatic heterocycles. The Hall–Kier alpha value is -3.45. The maximum Gasteiger partial charge on any atom is 0.337 e. The van der Waals surface area contributed by atoms with Gasteiger partial charge in [0.2, 0.25) is 0 Å². The molecule has 0 saturated heterocycles. The highest BCUT2D eigenvalue weighted by Crippen LogP contribution is 2.14. The minimum absolute atomic E-state index is 0.125. The van der Waals surface area contributed by atoms with Gasteiger partial charge in [-0.25, -0.2) is 4.79 Å². The number of hydrazone groups is 1. The summed E-state index contributed by atoms with van der Waals surface area (Å²) in [4.78, 5) is 14.1. The molecule has 0 saturated carbocycles. The van der Waals surface area contributed by atoms with Crippen LogP contribution < -0.4 is 4.83 Å². The van der Waals surface area contributed by atoms with E-state index in [1.807, 2.05) is 37.3 Å². The number of hydrogen-bond acceptors (Lipinski definition) is 5. The zero-order valence-electron chi connectivity index (χ0n) is 16.0. The van der Waals surface area contributed by atoms with Gasteiger partial charge in [-0.15, -0.1) is 0 Å². The van der Waals surface area contributed by atoms with Crippen LogP contribution in [0.15, 0.2) is 88.9 Å². The first-order chi connectivity index (χ1) is 13.9. The zero-order chi connectivity index (χ0) is 20.9. The van der Waals surface area contributed by atoms with E-state index in [9.17, 15) is 13.2 Å². The number of esters is 1. The number of rotatable bonds is 6. The number of sulfonamides is 1. The summed E-state index contributed by atoms with van der Waals surface area (Å²) in [5.74, 6) is -0.449. The Morgan fingerprint density at radius 2 is 1.38 bits per heavy atom. The Morgan fingerprint density at radius 1 is 0.828 bits per heavy atom. The lowest BCUT2D eigenvalue weighted by molar-refractivity contribution is 0.0600. The molecule has 3 aromatic rings. The number of hydrogen-bond donors (Lipinski definition) is 1. The highest BCUT2D eigenvalue weighted by Gasteiger charge is 2.15. The second kappa shape index (κ2) is 8.70. The van der Waals surface area contributed by atoms with Crippen LogP contribution in [0, 0.1) is 6.92 Å². The Labute approximate surface area is 169 Å². The summed E-state index contributed by atoms with van der Waals surface area (Å²) < 4.78 is 29.9. The van der Waals surface area contributed by atoms with Crippen molar-refractivity contribution in [1.29, 1.82) is 0 Å². The van der Waals surface area contributed by atoms with Gasteiger partial charge in [0.15, 0.2) is 0 Å². The van der Waals surface area contributed by atoms with E-state index in [-0.39, 0.29) is 4.90 Å². The van der Waals surface area contributed by atoms with Gasteiger partial charge >= 0.3 is 5.97 Å². The first kappa shape index (κ1) is 20.3. The van der Waals surface area contributed by atoms with Gasteiger partial charge in [-0.3, -0.25) is 0 Å². The monoisotopic (exact) mass is 408 g/mol. The summed E-state index contributed by atoms with van der Waals surface area (Å²) in [7, 11) is -2.51. The molecule has 29 heavy (non-hydrogen) atoms. The lowest BCUT2D eigenvalue weighted by Gasteiger charge is -2.10. The lowest BCUT2D eigenvalue weighted by atomic mass is 10.0. The number of carbonyl (C=O) groups excluding carboxylic acids is 1. The summed E-state index contributed by atoms with van der Waals surface area (Å²) in [6.45, 7) is 1.88. The quantitative estimate of drug-likeness (QED) is 0.384. The van der Waals surface area contributed by atoms with Gasteiger partial charge in [-0.1, -0.05) is 60.2 Å². The SMILES string of the molecule is COC(=O)c1ccc(/C(=N/NS(=O)(=O)c2ccc(C)cc2)c2ccccc2)cc1. The number of benzene rings is 3. The second-order valence-electron chi connectivity index (χ2n) is 6.30. The van der Waals surface area contributed by atoms with Crippen molar-refractivity contribution in [3.8, 4) is 0 Å². The number of carbonyl (C=O) groups is 1. The van der Waals surface area contributed by atoms with Crippen LogP contribution in [0.3, 0.4) is 0 Å². The van der Waals surface area contributed by atoms with Gasteiger partial charge in [0.1, 0.15) is 0 Å². The van der Waals surface area contributed by atoms with Gasteiger partial charge < -0.3 is 4.74 Å². The van der Waals surface area contributed by atoms with Crippen molar-refractivity contribution in [3.05, 3.63) is 101 Å². The van der Waals surface area contributed by atoms with E-state index in [1.54, 1.807) is 36.4 Å². The molecule has 3 rings (SSSR count). The maximum absolute atomic E-state index is 12.6. The number of ether oxygens (including phenoxy) is 1. The van der Waals surface area contributed by atoms with E-state index in [1.165, 1.54) is 19.2 Å². The van der Waals surface area contributed by atoms with Gasteiger partial charge in [-0.05, 0) is 31.2 Å². The fourth-order valence-electron chi connectivity index (χ4n) is 2.65. The molecule has 0 aliphatic rings. The molecule has 0 unspecified atom stereocenters. The Kier molecular flexibility index (Phi) is 6.09. The molecule has 148 valence electrons. The predicted octanol–water partition coefficient (Wildman–Crippen LogP) is 3.51. The summed E-state index contributed by atoms with van der Waals surface area (Å²) in [6.07, 6.45) is 0. The van der Waals surface area contributed by atoms with Crippen molar-refractivity contribution in [2.45, 2.75) is 11.8 Å². The van der Waals surface area contributed by atoms with Gasteiger partial charge in [0.05, 0.1) is 23.3 Å². The molecule has 0 heterocycles. The van der Waals surface area contributed by atoms with Crippen LogP contribution in [-0.2, 0) is 14.8 Å². The topological polar surface area (TPSA) is 84.8 Å². The first-order valence-electron chi connectivity index (χ1n) is 8.81. The second-order valence-corrected chi connectivity index (χ2v) is 7.96. The molecule has 0 spiro atoms. The van der Waals surface area contributed by atoms with Crippen molar-refractivity contribution in [2.24, 2.45) is 5.10 Å². The van der Waals surface area contributed by atoms with Gasteiger partial charge in [0.25, 0.3) is 10.0 Å². The fourth-order valence-corrected chi connectivity index (χ4v) is 3.46. The molecule has 0 radical (unpaired) electrons. The van der Waals surface area contributed by atoms with E-state index in [0.717, 1.165) is 11.1 Å². The standard InChI is InChI=1S/C22H20N2O4S/c1-16-8-14-20(15-9-16)29(26,27)24-23-21(17-6-4-3-5-7-17)18-10-12-19(13-11-18)22(25)28-2/h3-15,24H,1-2H3/b23-21+. The van der Waals surface area contributed by atoms with Crippen LogP contribution in [-0.4, -0.2) is 27.2 Å². The zero-order valence-corrected chi connectivity index (χ0v) is 16.8. The summed E-state index contributed by atoms with van der Waals surface area (Å²) >= 11 is 0. The molecular weight excluding hydrogens is 388 g/mol. The molecular formula is C22H20N2O4S. The van der Waals surface area contributed by atoms with Crippen molar-refractivity contribution in [3.63, 3.8) is 0 Å². The Balaban J connectivity index is 1.98. The van der Waals surface area contributed by atoms with Crippen LogP contribution in [0.25, 0.3) is 0 Å². The smallest absolute Gasteiger partial charge is 0.337 e. The summed E-state index contributed by atoms with van der Waals surface area (Å²) in [5.41, 5.74) is 3.16. The first-order valence-corrected chi connectivity index (χ1v) is 10.3. The van der Waals surface area contributed by atoms with Crippen molar-refractivity contribution in [2.75, 3.05) is 7.11 Å². The van der Waals surface area contributed by atoms with E-state index in [4.69, 9.17) is 4.74 Å². The van der Waals surface area contributed by atoms with E-state index in [2.05, 4.69) is 9.93 Å². The molecule has 0 bridgehead atoms. The normalized spacial score (nSPS) is 11.7. The third-order valence-corrected chi connectivity index (χ3v) is 5.46. The average molecular weight is 408 g/mol. The van der Waals surface area contributed by atoms with E-state index >= 15 is 0 Å². The third-order valence-electron chi connectivity index (χ3n) is 4.24. The van der Waals surface area contributed by atoms with Crippen LogP contribution in [0.4, 0.5) is 0 Å². The minimum atomic E-state index is -3.83. The predicted molar refractivity (Wildman–Crippen MR) is 111 cm³/mol. The molecule has 3 aromatic carbocycles. The fraction of sp³-hybridized carbons (Fsp3) is 0.0909. The molecule has 1 N–H and O–H groups in total. The number of nitrogens with one attached hydrogen (secondary N) is 1. The Morgan fingerprint density at radius 3 is 1.97 bits per heavy atom. The summed E-state index contributed by atoms with van der Waals surface area (Å²) in [6, 6.07) is 22.3. The number of methoxy groups -OCH3 is 1. The highest BCUT2D eigenvalue weighted by molar-refractivity contribution is 7.89. The highest BCUT2D eigenvalue weighted by atomic mass is 32.2. The molecule has 0 fully saturated rings. The van der Waals surface area contributed by atoms with E-state index in [0.29, 0.717) is 16.8 Å². The van der Waals surface area contributed by atoms with Gasteiger partial charge in [-0.2, -0.15) is 18.4 Å². The Bertz CT molecular complexity index is 1120. The molecule has 6 nitrogen and oxygen atoms in total. The summed E-state index contributed by atoms with van der Waals surface area (Å²) in [5, 5.41) is 4.19. The van der Waals surface area contributed by atoms with Crippen molar-refractivity contribution < 1.29 is 17.9 Å². The van der Waals surface area contributed by atoms with Crippen molar-refractivity contribution >= 4 is 21.7 Å². The molecule has 7 heteroatoms. The number of aryl methyl sites for hydroxylation is 1. The van der Waals surface area contributed by atoms with Crippen LogP contribution in [0.5, 0.6) is 0 Å². The average Bonchev–Trinajstić information content (AvgIpc) is 2.75. The molecule has 0 aliphatic carbocycles. The van der Waals surface area contributed by atoms with Crippen LogP contribution >= 0.6 is 0 Å². The minimum Gasteiger partial charge on any atom is -0.465 e. The third kappa shape index (κ3) is 4.89. The number of nitrogens with zero attached hydrogens (tertiary/aromatic N) is 1. The lowest BCUT2D eigenvalue weighted by Crippen LogP contribution is -2.21. The van der Waals surface area contributed by atoms with Crippen LogP contribution in [0.1, 0.15) is 27.0 Å². The van der Waals surface area contributed by atoms with Gasteiger partial charge in [0, 0.05) is 11.1 Å². The molecule has 0 aromatic heterocycles. The van der Waals surface area contributed by atoms with Crippen molar-refractivity contribution in [1.82, 2.24) is 4.83 Å². The van der Waals surface area contributed by atoms with Crippen LogP contribution in [0.2, 0.25) is 0 Å². The van der Waals surface area contributed by atoms with E-state index < -0.39 is 16.0 Å². The largest absolute Gasteiger partial charge is 0.465 e.